The summed E-state index contributed by atoms with van der Waals surface area (Å²) in [6.07, 6.45) is 0. The van der Waals surface area contributed by atoms with Crippen LogP contribution in [0.1, 0.15) is 43.6 Å². The van der Waals surface area contributed by atoms with Crippen LogP contribution < -0.4 is 10.5 Å². The Balaban J connectivity index is 2.93. The van der Waals surface area contributed by atoms with Crippen molar-refractivity contribution >= 4 is 15.9 Å². The number of rotatable bonds is 4. The quantitative estimate of drug-likeness (QED) is 0.891. The lowest BCUT2D eigenvalue weighted by molar-refractivity contribution is 0.0936. The number of benzene rings is 1. The van der Waals surface area contributed by atoms with Crippen LogP contribution in [0.2, 0.25) is 0 Å². The standard InChI is InChI=1S/C15H24N2O3S/c1-10-6-7-12(21(16,19)20)8-13(10)14(18)17-9-11(2)15(3,4)5/h6-8,11H,9H2,1-5H3,(H,17,18)(H2,16,19,20). The van der Waals surface area contributed by atoms with Crippen molar-refractivity contribution in [2.24, 2.45) is 16.5 Å². The van der Waals surface area contributed by atoms with Crippen molar-refractivity contribution in [1.29, 1.82) is 0 Å². The maximum absolute atomic E-state index is 12.2. The Labute approximate surface area is 127 Å². The number of hydrogen-bond acceptors (Lipinski definition) is 3. The molecule has 118 valence electrons. The zero-order chi connectivity index (χ0) is 16.4. The molecule has 0 aromatic heterocycles. The third-order valence-electron chi connectivity index (χ3n) is 3.83. The van der Waals surface area contributed by atoms with E-state index in [1.165, 1.54) is 12.1 Å². The van der Waals surface area contributed by atoms with Gasteiger partial charge in [0.2, 0.25) is 10.0 Å². The number of carbonyl (C=O) groups is 1. The second-order valence-corrected chi connectivity index (χ2v) is 8.06. The van der Waals surface area contributed by atoms with E-state index in [9.17, 15) is 13.2 Å². The minimum absolute atomic E-state index is 0.0536. The van der Waals surface area contributed by atoms with Gasteiger partial charge in [0.15, 0.2) is 0 Å². The lowest BCUT2D eigenvalue weighted by Gasteiger charge is -2.27. The van der Waals surface area contributed by atoms with Crippen molar-refractivity contribution in [2.75, 3.05) is 6.54 Å². The molecule has 0 spiro atoms. The molecule has 0 radical (unpaired) electrons. The second kappa shape index (κ2) is 6.15. The van der Waals surface area contributed by atoms with Crippen LogP contribution in [0.25, 0.3) is 0 Å². The summed E-state index contributed by atoms with van der Waals surface area (Å²) >= 11 is 0. The lowest BCUT2D eigenvalue weighted by atomic mass is 9.82. The molecular formula is C15H24N2O3S. The number of amides is 1. The molecule has 5 nitrogen and oxygen atoms in total. The first-order valence-electron chi connectivity index (χ1n) is 6.84. The first-order chi connectivity index (χ1) is 9.43. The van der Waals surface area contributed by atoms with Crippen LogP contribution in [0.4, 0.5) is 0 Å². The fourth-order valence-electron chi connectivity index (χ4n) is 1.67. The number of hydrogen-bond donors (Lipinski definition) is 2. The molecule has 1 rings (SSSR count). The molecule has 0 saturated heterocycles. The summed E-state index contributed by atoms with van der Waals surface area (Å²) in [4.78, 5) is 12.2. The molecule has 0 aliphatic heterocycles. The summed E-state index contributed by atoms with van der Waals surface area (Å²) in [5, 5.41) is 7.95. The number of primary sulfonamides is 1. The van der Waals surface area contributed by atoms with Crippen LogP contribution in [-0.2, 0) is 10.0 Å². The first-order valence-corrected chi connectivity index (χ1v) is 8.39. The van der Waals surface area contributed by atoms with Gasteiger partial charge in [-0.2, -0.15) is 0 Å². The number of carbonyl (C=O) groups excluding carboxylic acids is 1. The van der Waals surface area contributed by atoms with Crippen LogP contribution in [0.5, 0.6) is 0 Å². The highest BCUT2D eigenvalue weighted by atomic mass is 32.2. The Morgan fingerprint density at radius 2 is 1.90 bits per heavy atom. The van der Waals surface area contributed by atoms with Gasteiger partial charge in [0, 0.05) is 12.1 Å². The Bertz CT molecular complexity index is 631. The summed E-state index contributed by atoms with van der Waals surface area (Å²) in [5.74, 6) is 0.0114. The largest absolute Gasteiger partial charge is 0.352 e. The molecule has 0 bridgehead atoms. The van der Waals surface area contributed by atoms with Gasteiger partial charge in [-0.15, -0.1) is 0 Å². The monoisotopic (exact) mass is 312 g/mol. The summed E-state index contributed by atoms with van der Waals surface area (Å²) in [5.41, 5.74) is 1.14. The topological polar surface area (TPSA) is 89.3 Å². The van der Waals surface area contributed by atoms with Gasteiger partial charge < -0.3 is 5.32 Å². The summed E-state index contributed by atoms with van der Waals surface area (Å²) in [6.45, 7) is 10.7. The van der Waals surface area contributed by atoms with E-state index >= 15 is 0 Å². The molecule has 1 aromatic rings. The third-order valence-corrected chi connectivity index (χ3v) is 4.74. The van der Waals surface area contributed by atoms with Crippen molar-refractivity contribution in [2.45, 2.75) is 39.5 Å². The van der Waals surface area contributed by atoms with Crippen molar-refractivity contribution in [3.8, 4) is 0 Å². The molecule has 3 N–H and O–H groups in total. The molecular weight excluding hydrogens is 288 g/mol. The highest BCUT2D eigenvalue weighted by Crippen LogP contribution is 2.24. The molecule has 1 amide bonds. The normalized spacial score (nSPS) is 13.8. The van der Waals surface area contributed by atoms with Gasteiger partial charge in [0.25, 0.3) is 5.91 Å². The summed E-state index contributed by atoms with van der Waals surface area (Å²) in [6, 6.07) is 4.31. The summed E-state index contributed by atoms with van der Waals surface area (Å²) < 4.78 is 22.7. The molecule has 0 aliphatic rings. The zero-order valence-corrected chi connectivity index (χ0v) is 14.0. The third kappa shape index (κ3) is 4.82. The van der Waals surface area contributed by atoms with Crippen LogP contribution in [0, 0.1) is 18.3 Å². The number of nitrogens with two attached hydrogens (primary N) is 1. The maximum atomic E-state index is 12.2. The summed E-state index contributed by atoms with van der Waals surface area (Å²) in [7, 11) is -3.81. The lowest BCUT2D eigenvalue weighted by Crippen LogP contribution is -2.34. The average molecular weight is 312 g/mol. The molecule has 6 heteroatoms. The molecule has 1 aromatic carbocycles. The minimum atomic E-state index is -3.81. The molecule has 0 fully saturated rings. The van der Waals surface area contributed by atoms with E-state index in [2.05, 4.69) is 33.0 Å². The van der Waals surface area contributed by atoms with Crippen LogP contribution >= 0.6 is 0 Å². The van der Waals surface area contributed by atoms with Crippen molar-refractivity contribution in [3.05, 3.63) is 29.3 Å². The van der Waals surface area contributed by atoms with E-state index in [0.717, 1.165) is 0 Å². The smallest absolute Gasteiger partial charge is 0.251 e. The van der Waals surface area contributed by atoms with Crippen molar-refractivity contribution in [3.63, 3.8) is 0 Å². The fourth-order valence-corrected chi connectivity index (χ4v) is 2.21. The van der Waals surface area contributed by atoms with E-state index < -0.39 is 10.0 Å². The van der Waals surface area contributed by atoms with Gasteiger partial charge in [0.1, 0.15) is 0 Å². The first kappa shape index (κ1) is 17.7. The minimum Gasteiger partial charge on any atom is -0.352 e. The van der Waals surface area contributed by atoms with Crippen LogP contribution in [0.3, 0.4) is 0 Å². The van der Waals surface area contributed by atoms with Crippen LogP contribution in [-0.4, -0.2) is 20.9 Å². The molecule has 0 aliphatic carbocycles. The highest BCUT2D eigenvalue weighted by molar-refractivity contribution is 7.89. The Morgan fingerprint density at radius 3 is 2.38 bits per heavy atom. The van der Waals surface area contributed by atoms with Gasteiger partial charge in [-0.3, -0.25) is 4.79 Å². The Morgan fingerprint density at radius 1 is 1.33 bits per heavy atom. The van der Waals surface area contributed by atoms with Gasteiger partial charge in [-0.25, -0.2) is 13.6 Å². The van der Waals surface area contributed by atoms with Crippen LogP contribution in [0.15, 0.2) is 23.1 Å². The number of aryl methyl sites for hydroxylation is 1. The van der Waals surface area contributed by atoms with Crippen molar-refractivity contribution < 1.29 is 13.2 Å². The van der Waals surface area contributed by atoms with E-state index in [4.69, 9.17) is 5.14 Å². The van der Waals surface area contributed by atoms with Gasteiger partial charge >= 0.3 is 0 Å². The van der Waals surface area contributed by atoms with E-state index in [1.54, 1.807) is 13.0 Å². The van der Waals surface area contributed by atoms with Gasteiger partial charge in [0.05, 0.1) is 4.90 Å². The predicted molar refractivity (Wildman–Crippen MR) is 83.5 cm³/mol. The Hall–Kier alpha value is -1.40. The zero-order valence-electron chi connectivity index (χ0n) is 13.2. The molecule has 1 atom stereocenters. The maximum Gasteiger partial charge on any atom is 0.251 e. The number of sulfonamides is 1. The average Bonchev–Trinajstić information content (AvgIpc) is 2.33. The highest BCUT2D eigenvalue weighted by Gasteiger charge is 2.21. The molecule has 0 heterocycles. The molecule has 21 heavy (non-hydrogen) atoms. The SMILES string of the molecule is Cc1ccc(S(N)(=O)=O)cc1C(=O)NCC(C)C(C)(C)C. The van der Waals surface area contributed by atoms with E-state index in [-0.39, 0.29) is 16.2 Å². The number of nitrogens with one attached hydrogen (secondary N) is 1. The molecule has 1 unspecified atom stereocenters. The second-order valence-electron chi connectivity index (χ2n) is 6.50. The van der Waals surface area contributed by atoms with E-state index in [0.29, 0.717) is 23.6 Å². The fraction of sp³-hybridized carbons (Fsp3) is 0.533. The van der Waals surface area contributed by atoms with Gasteiger partial charge in [-0.05, 0) is 36.0 Å². The predicted octanol–water partition coefficient (Wildman–Crippen LogP) is 2.05. The van der Waals surface area contributed by atoms with Gasteiger partial charge in [-0.1, -0.05) is 33.8 Å². The van der Waals surface area contributed by atoms with Crippen molar-refractivity contribution in [1.82, 2.24) is 5.32 Å². The van der Waals surface area contributed by atoms with E-state index in [1.807, 2.05) is 0 Å². The Kier molecular flexibility index (Phi) is 5.17. The molecule has 0 saturated carbocycles.